The molecule has 2 heterocycles. The molecule has 192 valence electrons. The normalized spacial score (nSPS) is 18.8. The van der Waals surface area contributed by atoms with E-state index in [9.17, 15) is 18.8 Å². The first-order chi connectivity index (χ1) is 17.4. The highest BCUT2D eigenvalue weighted by atomic mass is 19.1. The fourth-order valence-electron chi connectivity index (χ4n) is 5.07. The van der Waals surface area contributed by atoms with Gasteiger partial charge < -0.3 is 15.0 Å². The minimum absolute atomic E-state index is 0.135. The molecule has 0 aliphatic carbocycles. The summed E-state index contributed by atoms with van der Waals surface area (Å²) in [6.07, 6.45) is 3.19. The molecule has 1 atom stereocenters. The topological polar surface area (TPSA) is 79.0 Å². The van der Waals surface area contributed by atoms with Crippen LogP contribution in [0, 0.1) is 5.82 Å². The van der Waals surface area contributed by atoms with E-state index >= 15 is 0 Å². The number of nitrogens with one attached hydrogen (secondary N) is 1. The average molecular weight is 496 g/mol. The average Bonchev–Trinajstić information content (AvgIpc) is 3.23. The molecule has 0 aromatic heterocycles. The lowest BCUT2D eigenvalue weighted by Crippen LogP contribution is -2.46. The van der Waals surface area contributed by atoms with Crippen molar-refractivity contribution >= 4 is 17.9 Å². The smallest absolute Gasteiger partial charge is 0.418 e. The molecule has 7 nitrogen and oxygen atoms in total. The number of cyclic esters (lactones) is 1. The zero-order valence-corrected chi connectivity index (χ0v) is 20.7. The number of likely N-dealkylation sites (tertiary alicyclic amines) is 1. The summed E-state index contributed by atoms with van der Waals surface area (Å²) in [5.74, 6) is 0.362. The van der Waals surface area contributed by atoms with Crippen molar-refractivity contribution < 1.29 is 23.5 Å². The number of urea groups is 1. The number of amides is 3. The number of piperidine rings is 1. The first kappa shape index (κ1) is 25.8. The van der Waals surface area contributed by atoms with Gasteiger partial charge in [0.15, 0.2) is 0 Å². The van der Waals surface area contributed by atoms with Gasteiger partial charge >= 0.3 is 12.1 Å². The standard InChI is InChI=1S/C28H34FN3O4/c1-20(33)16-22-4-2-5-24(17-22)23-10-14-31(15-11-23)13-3-12-30-27(34)32-26(19-36-28(32)35)18-21-6-8-25(29)9-7-21/h2,4-9,17,23,26H,3,10-16,18-19H2,1H3,(H,30,34). The van der Waals surface area contributed by atoms with Gasteiger partial charge in [-0.05, 0) is 87.0 Å². The molecule has 2 aromatic carbocycles. The second kappa shape index (κ2) is 12.1. The summed E-state index contributed by atoms with van der Waals surface area (Å²) in [6, 6.07) is 13.6. The van der Waals surface area contributed by atoms with Crippen LogP contribution in [0.1, 0.15) is 48.8 Å². The Bertz CT molecular complexity index is 1070. The molecule has 2 aromatic rings. The highest BCUT2D eigenvalue weighted by Crippen LogP contribution is 2.28. The molecule has 8 heteroatoms. The van der Waals surface area contributed by atoms with E-state index in [1.165, 1.54) is 17.7 Å². The Morgan fingerprint density at radius 1 is 1.08 bits per heavy atom. The zero-order chi connectivity index (χ0) is 25.5. The van der Waals surface area contributed by atoms with Crippen molar-refractivity contribution in [3.63, 3.8) is 0 Å². The second-order valence-electron chi connectivity index (χ2n) is 9.76. The maximum Gasteiger partial charge on any atom is 0.418 e. The van der Waals surface area contributed by atoms with Gasteiger partial charge in [0.25, 0.3) is 0 Å². The lowest BCUT2D eigenvalue weighted by molar-refractivity contribution is -0.116. The molecule has 1 N–H and O–H groups in total. The number of carbonyl (C=O) groups is 3. The van der Waals surface area contributed by atoms with Crippen LogP contribution in [0.5, 0.6) is 0 Å². The highest BCUT2D eigenvalue weighted by Gasteiger charge is 2.37. The van der Waals surface area contributed by atoms with Gasteiger partial charge in [0.1, 0.15) is 18.2 Å². The van der Waals surface area contributed by atoms with E-state index in [2.05, 4.69) is 22.3 Å². The van der Waals surface area contributed by atoms with Crippen LogP contribution < -0.4 is 5.32 Å². The van der Waals surface area contributed by atoms with E-state index < -0.39 is 18.2 Å². The molecular weight excluding hydrogens is 461 g/mol. The van der Waals surface area contributed by atoms with Crippen LogP contribution in [0.25, 0.3) is 0 Å². The Morgan fingerprint density at radius 3 is 2.56 bits per heavy atom. The number of halogens is 1. The Labute approximate surface area is 211 Å². The summed E-state index contributed by atoms with van der Waals surface area (Å²) in [5, 5.41) is 2.85. The van der Waals surface area contributed by atoms with E-state index in [4.69, 9.17) is 4.74 Å². The van der Waals surface area contributed by atoms with Crippen LogP contribution in [0.4, 0.5) is 14.0 Å². The first-order valence-electron chi connectivity index (χ1n) is 12.7. The molecule has 3 amide bonds. The van der Waals surface area contributed by atoms with Crippen LogP contribution in [0.3, 0.4) is 0 Å². The zero-order valence-electron chi connectivity index (χ0n) is 20.7. The lowest BCUT2D eigenvalue weighted by Gasteiger charge is -2.32. The van der Waals surface area contributed by atoms with Crippen molar-refractivity contribution in [3.05, 3.63) is 71.0 Å². The summed E-state index contributed by atoms with van der Waals surface area (Å²) in [6.45, 7) is 5.09. The van der Waals surface area contributed by atoms with Crippen molar-refractivity contribution in [3.8, 4) is 0 Å². The third-order valence-electron chi connectivity index (χ3n) is 6.95. The molecule has 1 unspecified atom stereocenters. The second-order valence-corrected chi connectivity index (χ2v) is 9.76. The van der Waals surface area contributed by atoms with Crippen LogP contribution in [-0.4, -0.2) is 66.5 Å². The van der Waals surface area contributed by atoms with Gasteiger partial charge in [-0.2, -0.15) is 0 Å². The highest BCUT2D eigenvalue weighted by molar-refractivity contribution is 5.92. The predicted molar refractivity (Wildman–Crippen MR) is 134 cm³/mol. The predicted octanol–water partition coefficient (Wildman–Crippen LogP) is 4.30. The summed E-state index contributed by atoms with van der Waals surface area (Å²) >= 11 is 0. The third kappa shape index (κ3) is 6.91. The Hall–Kier alpha value is -3.26. The molecule has 0 bridgehead atoms. The minimum Gasteiger partial charge on any atom is -0.447 e. The van der Waals surface area contributed by atoms with Gasteiger partial charge in [0.2, 0.25) is 0 Å². The Morgan fingerprint density at radius 2 is 1.83 bits per heavy atom. The number of imide groups is 1. The SMILES string of the molecule is CC(=O)Cc1cccc(C2CCN(CCCNC(=O)N3C(=O)OCC3Cc3ccc(F)cc3)CC2)c1. The largest absolute Gasteiger partial charge is 0.447 e. The Balaban J connectivity index is 1.18. The fraction of sp³-hybridized carbons (Fsp3) is 0.464. The van der Waals surface area contributed by atoms with Crippen molar-refractivity contribution in [1.29, 1.82) is 0 Å². The molecule has 36 heavy (non-hydrogen) atoms. The van der Waals surface area contributed by atoms with E-state index in [-0.39, 0.29) is 18.2 Å². The molecule has 4 rings (SSSR count). The van der Waals surface area contributed by atoms with Crippen molar-refractivity contribution in [2.75, 3.05) is 32.8 Å². The monoisotopic (exact) mass is 495 g/mol. The number of benzene rings is 2. The Kier molecular flexibility index (Phi) is 8.70. The summed E-state index contributed by atoms with van der Waals surface area (Å²) in [5.41, 5.74) is 3.24. The van der Waals surface area contributed by atoms with E-state index in [0.717, 1.165) is 54.9 Å². The van der Waals surface area contributed by atoms with E-state index in [1.54, 1.807) is 19.1 Å². The fourth-order valence-corrected chi connectivity index (χ4v) is 5.07. The number of ketones is 1. The summed E-state index contributed by atoms with van der Waals surface area (Å²) in [7, 11) is 0. The van der Waals surface area contributed by atoms with Gasteiger partial charge in [-0.3, -0.25) is 4.79 Å². The quantitative estimate of drug-likeness (QED) is 0.525. The van der Waals surface area contributed by atoms with Gasteiger partial charge in [-0.1, -0.05) is 36.4 Å². The van der Waals surface area contributed by atoms with Gasteiger partial charge in [-0.15, -0.1) is 0 Å². The van der Waals surface area contributed by atoms with Crippen LogP contribution >= 0.6 is 0 Å². The molecule has 0 spiro atoms. The van der Waals surface area contributed by atoms with Gasteiger partial charge in [-0.25, -0.2) is 18.9 Å². The lowest BCUT2D eigenvalue weighted by atomic mass is 9.88. The number of hydrogen-bond donors (Lipinski definition) is 1. The van der Waals surface area contributed by atoms with Gasteiger partial charge in [0, 0.05) is 13.0 Å². The van der Waals surface area contributed by atoms with Crippen molar-refractivity contribution in [2.45, 2.75) is 51.0 Å². The van der Waals surface area contributed by atoms with Crippen LogP contribution in [0.2, 0.25) is 0 Å². The third-order valence-corrected chi connectivity index (χ3v) is 6.95. The molecule has 2 aliphatic heterocycles. The van der Waals surface area contributed by atoms with E-state index in [1.807, 2.05) is 12.1 Å². The minimum atomic E-state index is -0.644. The summed E-state index contributed by atoms with van der Waals surface area (Å²) < 4.78 is 18.3. The molecule has 0 saturated carbocycles. The molecule has 2 fully saturated rings. The summed E-state index contributed by atoms with van der Waals surface area (Å²) in [4.78, 5) is 39.8. The maximum absolute atomic E-state index is 13.2. The number of carbonyl (C=O) groups excluding carboxylic acids is 3. The molecule has 0 radical (unpaired) electrons. The molecule has 2 saturated heterocycles. The maximum atomic E-state index is 13.2. The number of Topliss-reactive ketones (excluding diaryl/α,β-unsaturated/α-hetero) is 1. The van der Waals surface area contributed by atoms with Gasteiger partial charge in [0.05, 0.1) is 6.04 Å². The van der Waals surface area contributed by atoms with Crippen LogP contribution in [0.15, 0.2) is 48.5 Å². The number of rotatable bonds is 9. The van der Waals surface area contributed by atoms with E-state index in [0.29, 0.717) is 25.3 Å². The molecule has 2 aliphatic rings. The van der Waals surface area contributed by atoms with Crippen molar-refractivity contribution in [2.24, 2.45) is 0 Å². The number of hydrogen-bond acceptors (Lipinski definition) is 5. The number of ether oxygens (including phenoxy) is 1. The molecular formula is C28H34FN3O4. The van der Waals surface area contributed by atoms with Crippen LogP contribution in [-0.2, 0) is 22.4 Å². The van der Waals surface area contributed by atoms with Crippen molar-refractivity contribution in [1.82, 2.24) is 15.1 Å². The number of nitrogens with zero attached hydrogens (tertiary/aromatic N) is 2. The first-order valence-corrected chi connectivity index (χ1v) is 12.7.